The van der Waals surface area contributed by atoms with Crippen LogP contribution in [-0.4, -0.2) is 38.2 Å². The van der Waals surface area contributed by atoms with Crippen LogP contribution in [0.2, 0.25) is 0 Å². The fourth-order valence-electron chi connectivity index (χ4n) is 13.7. The lowest BCUT2D eigenvalue weighted by atomic mass is 10.0. The number of nitrogens with zero attached hydrogens (tertiary/aromatic N) is 8. The van der Waals surface area contributed by atoms with Gasteiger partial charge in [0.1, 0.15) is 0 Å². The van der Waals surface area contributed by atoms with E-state index in [0.717, 1.165) is 138 Å². The zero-order valence-electron chi connectivity index (χ0n) is 47.4. The first-order valence-electron chi connectivity index (χ1n) is 29.8. The van der Waals surface area contributed by atoms with Crippen LogP contribution in [0.5, 0.6) is 0 Å². The highest BCUT2D eigenvalue weighted by molar-refractivity contribution is 6.24. The van der Waals surface area contributed by atoms with E-state index in [1.165, 1.54) is 10.8 Å². The van der Waals surface area contributed by atoms with Crippen molar-refractivity contribution < 1.29 is 0 Å². The molecule has 410 valence electrons. The van der Waals surface area contributed by atoms with Crippen LogP contribution < -0.4 is 0 Å². The average Bonchev–Trinajstić information content (AvgIpc) is 1.59. The van der Waals surface area contributed by atoms with Gasteiger partial charge in [-0.3, -0.25) is 0 Å². The topological polar surface area (TPSA) is 71.3 Å². The molecule has 0 N–H and O–H groups in total. The van der Waals surface area contributed by atoms with Gasteiger partial charge in [0.15, 0.2) is 17.5 Å². The summed E-state index contributed by atoms with van der Waals surface area (Å²) in [5, 5.41) is 9.29. The summed E-state index contributed by atoms with van der Waals surface area (Å²) in [6, 6.07) is 108. The Morgan fingerprint density at radius 1 is 0.182 bits per heavy atom. The van der Waals surface area contributed by atoms with E-state index in [-0.39, 0.29) is 0 Å². The number of benzene rings is 12. The Balaban J connectivity index is 0.900. The van der Waals surface area contributed by atoms with Crippen LogP contribution in [0.4, 0.5) is 0 Å². The second kappa shape index (κ2) is 19.8. The smallest absolute Gasteiger partial charge is 0.164 e. The molecule has 6 heterocycles. The summed E-state index contributed by atoms with van der Waals surface area (Å²) < 4.78 is 9.68. The summed E-state index contributed by atoms with van der Waals surface area (Å²) in [6.45, 7) is 0. The Morgan fingerprint density at radius 3 is 0.977 bits per heavy atom. The fourth-order valence-corrected chi connectivity index (χ4v) is 13.7. The van der Waals surface area contributed by atoms with E-state index in [2.05, 4.69) is 285 Å². The van der Waals surface area contributed by atoms with Crippen LogP contribution >= 0.6 is 0 Å². The Kier molecular flexibility index (Phi) is 11.1. The molecule has 8 nitrogen and oxygen atoms in total. The predicted octanol–water partition coefficient (Wildman–Crippen LogP) is 20.0. The number of aromatic nitrogens is 8. The maximum atomic E-state index is 5.75. The van der Waals surface area contributed by atoms with Gasteiger partial charge in [-0.05, 0) is 97.1 Å². The monoisotopic (exact) mass is 1120 g/mol. The third kappa shape index (κ3) is 7.79. The molecule has 0 aliphatic carbocycles. The molecular weight excluding hydrogens is 1070 g/mol. The predicted molar refractivity (Wildman–Crippen MR) is 362 cm³/mol. The van der Waals surface area contributed by atoms with Crippen molar-refractivity contribution in [2.24, 2.45) is 0 Å². The molecule has 0 aliphatic rings. The number of para-hydroxylation sites is 6. The molecule has 12 aromatic carbocycles. The molecule has 18 aromatic rings. The minimum atomic E-state index is 0.595. The summed E-state index contributed by atoms with van der Waals surface area (Å²) >= 11 is 0. The normalized spacial score (nSPS) is 11.9. The van der Waals surface area contributed by atoms with Gasteiger partial charge in [0.05, 0.1) is 61.2 Å². The molecule has 8 heteroatoms. The van der Waals surface area contributed by atoms with Gasteiger partial charge in [-0.25, -0.2) is 19.9 Å². The molecule has 0 amide bonds. The first-order chi connectivity index (χ1) is 43.6. The summed E-state index contributed by atoms with van der Waals surface area (Å²) in [4.78, 5) is 21.2. The second-order valence-electron chi connectivity index (χ2n) is 22.6. The Labute approximate surface area is 505 Å². The summed E-state index contributed by atoms with van der Waals surface area (Å²) in [5.41, 5.74) is 19.7. The number of hydrogen-bond acceptors (Lipinski definition) is 4. The van der Waals surface area contributed by atoms with Gasteiger partial charge < -0.3 is 18.3 Å². The number of hydrogen-bond donors (Lipinski definition) is 0. The Bertz CT molecular complexity index is 5570. The molecule has 6 aromatic heterocycles. The van der Waals surface area contributed by atoms with Gasteiger partial charge in [0.2, 0.25) is 0 Å². The SMILES string of the molecule is c1ccc(-c2nc(-c3ccccc3)nc(-c3cccc(-n4c5ccccc5c5ccc6c7ccccc7n(-c7cc(-c8ccc9c(c8)c8ccccc8n9-c8ccccc8)nc(-c8ccc9c(c8)c8ccccc8n9-c8ccccc8)c7)c6c54)c3)n2)cc1. The zero-order chi connectivity index (χ0) is 57.8. The van der Waals surface area contributed by atoms with E-state index in [1.54, 1.807) is 0 Å². The van der Waals surface area contributed by atoms with Crippen LogP contribution in [0.15, 0.2) is 303 Å². The third-order valence-corrected chi connectivity index (χ3v) is 17.6. The Hall–Kier alpha value is -12.0. The molecule has 0 radical (unpaired) electrons. The van der Waals surface area contributed by atoms with Crippen molar-refractivity contribution in [3.63, 3.8) is 0 Å². The first kappa shape index (κ1) is 49.4. The van der Waals surface area contributed by atoms with Crippen molar-refractivity contribution in [3.8, 4) is 79.4 Å². The minimum Gasteiger partial charge on any atom is -0.309 e. The maximum absolute atomic E-state index is 5.75. The molecular formula is C80H50N8. The molecule has 0 saturated heterocycles. The molecule has 18 rings (SSSR count). The molecule has 0 bridgehead atoms. The van der Waals surface area contributed by atoms with Crippen molar-refractivity contribution in [2.75, 3.05) is 0 Å². The van der Waals surface area contributed by atoms with E-state index in [9.17, 15) is 0 Å². The van der Waals surface area contributed by atoms with Crippen LogP contribution in [-0.2, 0) is 0 Å². The van der Waals surface area contributed by atoms with Crippen LogP contribution in [0.3, 0.4) is 0 Å². The second-order valence-corrected chi connectivity index (χ2v) is 22.6. The summed E-state index contributed by atoms with van der Waals surface area (Å²) in [7, 11) is 0. The van der Waals surface area contributed by atoms with Gasteiger partial charge in [0.25, 0.3) is 0 Å². The van der Waals surface area contributed by atoms with Gasteiger partial charge in [-0.15, -0.1) is 0 Å². The third-order valence-electron chi connectivity index (χ3n) is 17.6. The van der Waals surface area contributed by atoms with Crippen molar-refractivity contribution >= 4 is 87.2 Å². The van der Waals surface area contributed by atoms with Crippen molar-refractivity contribution in [3.05, 3.63) is 303 Å². The zero-order valence-corrected chi connectivity index (χ0v) is 47.4. The number of fused-ring (bicyclic) bond motifs is 13. The fraction of sp³-hybridized carbons (Fsp3) is 0. The van der Waals surface area contributed by atoms with Crippen LogP contribution in [0, 0.1) is 0 Å². The molecule has 0 unspecified atom stereocenters. The highest BCUT2D eigenvalue weighted by Gasteiger charge is 2.24. The molecule has 0 atom stereocenters. The van der Waals surface area contributed by atoms with Crippen molar-refractivity contribution in [1.82, 2.24) is 38.2 Å². The van der Waals surface area contributed by atoms with Crippen LogP contribution in [0.1, 0.15) is 0 Å². The molecule has 88 heavy (non-hydrogen) atoms. The summed E-state index contributed by atoms with van der Waals surface area (Å²) in [6.07, 6.45) is 0. The van der Waals surface area contributed by atoms with E-state index in [0.29, 0.717) is 17.5 Å². The molecule has 0 fully saturated rings. The quantitative estimate of drug-likeness (QED) is 0.144. The number of pyridine rings is 1. The largest absolute Gasteiger partial charge is 0.309 e. The highest BCUT2D eigenvalue weighted by Crippen LogP contribution is 2.45. The number of rotatable bonds is 9. The van der Waals surface area contributed by atoms with E-state index in [4.69, 9.17) is 19.9 Å². The van der Waals surface area contributed by atoms with Gasteiger partial charge in [-0.1, -0.05) is 206 Å². The van der Waals surface area contributed by atoms with Gasteiger partial charge in [0, 0.05) is 88.0 Å². The molecule has 0 spiro atoms. The standard InChI is InChI=1S/C80H50N8/c1-5-22-51(23-6-1)78-82-79(52-24-7-2-8-25-52)84-80(83-78)55-26-21-31-58(46-55)87-72-38-19-13-32-60(72)64-42-43-65-61-33-14-20-39-73(61)88(77(65)76(64)87)59-49-68(53-40-44-74-66(47-53)62-34-15-17-36-70(62)85(74)56-27-9-3-10-28-56)81-69(50-59)54-41-45-75-67(48-54)63-35-16-18-37-71(63)86(75)57-29-11-4-12-30-57/h1-50H. The molecule has 0 aliphatic heterocycles. The van der Waals surface area contributed by atoms with E-state index < -0.39 is 0 Å². The molecule has 0 saturated carbocycles. The lowest BCUT2D eigenvalue weighted by Crippen LogP contribution is -2.02. The lowest BCUT2D eigenvalue weighted by molar-refractivity contribution is 1.07. The minimum absolute atomic E-state index is 0.595. The maximum Gasteiger partial charge on any atom is 0.164 e. The van der Waals surface area contributed by atoms with E-state index >= 15 is 0 Å². The summed E-state index contributed by atoms with van der Waals surface area (Å²) in [5.74, 6) is 1.83. The van der Waals surface area contributed by atoms with Gasteiger partial charge in [-0.2, -0.15) is 0 Å². The van der Waals surface area contributed by atoms with E-state index in [1.807, 2.05) is 36.4 Å². The van der Waals surface area contributed by atoms with Crippen molar-refractivity contribution in [1.29, 1.82) is 0 Å². The highest BCUT2D eigenvalue weighted by atomic mass is 15.1. The van der Waals surface area contributed by atoms with Crippen molar-refractivity contribution in [2.45, 2.75) is 0 Å². The lowest BCUT2D eigenvalue weighted by Gasteiger charge is -2.16. The van der Waals surface area contributed by atoms with Crippen LogP contribution in [0.25, 0.3) is 167 Å². The average molecular weight is 1120 g/mol. The first-order valence-corrected chi connectivity index (χ1v) is 29.8. The Morgan fingerprint density at radius 2 is 0.523 bits per heavy atom. The van der Waals surface area contributed by atoms with Gasteiger partial charge >= 0.3 is 0 Å².